The lowest BCUT2D eigenvalue weighted by molar-refractivity contribution is -0.137. The molecule has 2 N–H and O–H groups in total. The van der Waals surface area contributed by atoms with Gasteiger partial charge in [-0.2, -0.15) is 0 Å². The van der Waals surface area contributed by atoms with Crippen LogP contribution in [0.1, 0.15) is 47.5 Å². The molecule has 2 atom stereocenters. The number of thiophene rings is 1. The molecule has 0 radical (unpaired) electrons. The highest BCUT2D eigenvalue weighted by molar-refractivity contribution is 7.10. The van der Waals surface area contributed by atoms with Crippen molar-refractivity contribution in [2.45, 2.75) is 51.7 Å². The van der Waals surface area contributed by atoms with E-state index in [-0.39, 0.29) is 11.8 Å². The SMILES string of the molecule is CCCC(NC(=O)C(C)NC(=O)c1ccoc1)C(=O)N1CCc2sccc2C1. The molecule has 0 spiro atoms. The van der Waals surface area contributed by atoms with Crippen molar-refractivity contribution in [3.8, 4) is 0 Å². The Hall–Kier alpha value is -2.61. The van der Waals surface area contributed by atoms with Gasteiger partial charge < -0.3 is 20.0 Å². The summed E-state index contributed by atoms with van der Waals surface area (Å²) in [5.74, 6) is -0.840. The second-order valence-electron chi connectivity index (χ2n) is 6.94. The van der Waals surface area contributed by atoms with Crippen LogP contribution in [0.5, 0.6) is 0 Å². The van der Waals surface area contributed by atoms with Crippen LogP contribution in [-0.4, -0.2) is 41.2 Å². The number of carbonyl (C=O) groups is 3. The fourth-order valence-electron chi connectivity index (χ4n) is 3.24. The topological polar surface area (TPSA) is 91.6 Å². The number of hydrogen-bond donors (Lipinski definition) is 2. The Morgan fingerprint density at radius 3 is 2.82 bits per heavy atom. The minimum Gasteiger partial charge on any atom is -0.472 e. The monoisotopic (exact) mass is 403 g/mol. The lowest BCUT2D eigenvalue weighted by Crippen LogP contribution is -2.54. The average molecular weight is 404 g/mol. The number of fused-ring (bicyclic) bond motifs is 1. The van der Waals surface area contributed by atoms with Gasteiger partial charge in [-0.15, -0.1) is 11.3 Å². The van der Waals surface area contributed by atoms with Crippen LogP contribution < -0.4 is 10.6 Å². The first kappa shape index (κ1) is 20.1. The van der Waals surface area contributed by atoms with Gasteiger partial charge in [0.05, 0.1) is 11.8 Å². The average Bonchev–Trinajstić information content (AvgIpc) is 3.37. The van der Waals surface area contributed by atoms with E-state index in [2.05, 4.69) is 16.7 Å². The number of nitrogens with zero attached hydrogens (tertiary/aromatic N) is 1. The normalized spacial score (nSPS) is 15.4. The van der Waals surface area contributed by atoms with Gasteiger partial charge in [0.2, 0.25) is 11.8 Å². The standard InChI is InChI=1S/C20H25N3O4S/c1-3-4-16(20(26)23-8-5-17-14(11-23)7-10-28-17)22-18(24)13(2)21-19(25)15-6-9-27-12-15/h6-7,9-10,12-13,16H,3-5,8,11H2,1-2H3,(H,21,25)(H,22,24). The van der Waals surface area contributed by atoms with Crippen molar-refractivity contribution >= 4 is 29.1 Å². The van der Waals surface area contributed by atoms with Crippen LogP contribution in [0.15, 0.2) is 34.5 Å². The second-order valence-corrected chi connectivity index (χ2v) is 7.94. The van der Waals surface area contributed by atoms with Crippen LogP contribution in [-0.2, 0) is 22.6 Å². The zero-order valence-electron chi connectivity index (χ0n) is 16.1. The smallest absolute Gasteiger partial charge is 0.255 e. The number of rotatable bonds is 7. The zero-order chi connectivity index (χ0) is 20.1. The first-order valence-electron chi connectivity index (χ1n) is 9.47. The highest BCUT2D eigenvalue weighted by atomic mass is 32.1. The molecule has 0 saturated carbocycles. The molecule has 3 amide bonds. The van der Waals surface area contributed by atoms with Gasteiger partial charge in [-0.1, -0.05) is 13.3 Å². The van der Waals surface area contributed by atoms with Crippen molar-refractivity contribution in [1.29, 1.82) is 0 Å². The first-order valence-corrected chi connectivity index (χ1v) is 10.3. The molecule has 0 bridgehead atoms. The van der Waals surface area contributed by atoms with Crippen molar-refractivity contribution in [3.63, 3.8) is 0 Å². The lowest BCUT2D eigenvalue weighted by Gasteiger charge is -2.31. The van der Waals surface area contributed by atoms with Crippen molar-refractivity contribution in [1.82, 2.24) is 15.5 Å². The molecule has 8 heteroatoms. The van der Waals surface area contributed by atoms with Gasteiger partial charge in [0, 0.05) is 18.0 Å². The molecule has 2 aromatic heterocycles. The number of carbonyl (C=O) groups excluding carboxylic acids is 3. The number of nitrogens with one attached hydrogen (secondary N) is 2. The Kier molecular flexibility index (Phi) is 6.51. The van der Waals surface area contributed by atoms with Crippen molar-refractivity contribution in [2.75, 3.05) is 6.54 Å². The van der Waals surface area contributed by atoms with E-state index >= 15 is 0 Å². The quantitative estimate of drug-likeness (QED) is 0.742. The Labute approximate surface area is 168 Å². The molecule has 2 unspecified atom stereocenters. The summed E-state index contributed by atoms with van der Waals surface area (Å²) < 4.78 is 4.88. The van der Waals surface area contributed by atoms with Gasteiger partial charge in [-0.3, -0.25) is 14.4 Å². The van der Waals surface area contributed by atoms with E-state index in [4.69, 9.17) is 4.42 Å². The minimum absolute atomic E-state index is 0.0691. The van der Waals surface area contributed by atoms with Crippen molar-refractivity contribution in [2.24, 2.45) is 0 Å². The Balaban J connectivity index is 1.59. The molecular weight excluding hydrogens is 378 g/mol. The van der Waals surface area contributed by atoms with Crippen molar-refractivity contribution < 1.29 is 18.8 Å². The maximum atomic E-state index is 13.0. The number of hydrogen-bond acceptors (Lipinski definition) is 5. The Morgan fingerprint density at radius 1 is 1.29 bits per heavy atom. The highest BCUT2D eigenvalue weighted by Gasteiger charge is 2.29. The Morgan fingerprint density at radius 2 is 2.11 bits per heavy atom. The number of amides is 3. The molecule has 7 nitrogen and oxygen atoms in total. The molecule has 3 heterocycles. The fourth-order valence-corrected chi connectivity index (χ4v) is 4.13. The van der Waals surface area contributed by atoms with Crippen LogP contribution in [0.25, 0.3) is 0 Å². The van der Waals surface area contributed by atoms with Gasteiger partial charge in [-0.25, -0.2) is 0 Å². The van der Waals surface area contributed by atoms with E-state index in [9.17, 15) is 14.4 Å². The second kappa shape index (κ2) is 9.05. The summed E-state index contributed by atoms with van der Waals surface area (Å²) in [6.45, 7) is 4.82. The summed E-state index contributed by atoms with van der Waals surface area (Å²) in [5.41, 5.74) is 1.53. The molecule has 0 aromatic carbocycles. The summed E-state index contributed by atoms with van der Waals surface area (Å²) >= 11 is 1.72. The molecule has 3 rings (SSSR count). The van der Waals surface area contributed by atoms with E-state index in [1.54, 1.807) is 18.3 Å². The van der Waals surface area contributed by atoms with E-state index in [0.717, 1.165) is 12.8 Å². The van der Waals surface area contributed by atoms with Crippen LogP contribution in [0.3, 0.4) is 0 Å². The first-order chi connectivity index (χ1) is 13.5. The van der Waals surface area contributed by atoms with E-state index in [1.165, 1.54) is 29.0 Å². The van der Waals surface area contributed by atoms with Crippen LogP contribution in [0.2, 0.25) is 0 Å². The predicted octanol–water partition coefficient (Wildman–Crippen LogP) is 2.33. The molecule has 0 aliphatic carbocycles. The molecule has 1 aliphatic rings. The summed E-state index contributed by atoms with van der Waals surface area (Å²) in [6, 6.07) is 2.23. The highest BCUT2D eigenvalue weighted by Crippen LogP contribution is 2.24. The molecular formula is C20H25N3O4S. The number of furan rings is 1. The van der Waals surface area contributed by atoms with Crippen molar-refractivity contribution in [3.05, 3.63) is 46.0 Å². The predicted molar refractivity (Wildman–Crippen MR) is 106 cm³/mol. The molecule has 1 aliphatic heterocycles. The van der Waals surface area contributed by atoms with Gasteiger partial charge >= 0.3 is 0 Å². The third-order valence-electron chi connectivity index (χ3n) is 4.84. The largest absolute Gasteiger partial charge is 0.472 e. The molecule has 2 aromatic rings. The van der Waals surface area contributed by atoms with Gasteiger partial charge in [0.25, 0.3) is 5.91 Å². The van der Waals surface area contributed by atoms with E-state index in [0.29, 0.717) is 25.1 Å². The van der Waals surface area contributed by atoms with Crippen LogP contribution in [0, 0.1) is 0 Å². The Bertz CT molecular complexity index is 830. The van der Waals surface area contributed by atoms with Gasteiger partial charge in [0.15, 0.2) is 0 Å². The van der Waals surface area contributed by atoms with Gasteiger partial charge in [-0.05, 0) is 42.8 Å². The zero-order valence-corrected chi connectivity index (χ0v) is 16.9. The minimum atomic E-state index is -0.764. The summed E-state index contributed by atoms with van der Waals surface area (Å²) in [6.07, 6.45) is 4.89. The third-order valence-corrected chi connectivity index (χ3v) is 5.86. The summed E-state index contributed by atoms with van der Waals surface area (Å²) in [5, 5.41) is 7.49. The fraction of sp³-hybridized carbons (Fsp3) is 0.450. The molecule has 150 valence electrons. The maximum Gasteiger partial charge on any atom is 0.255 e. The van der Waals surface area contributed by atoms with Gasteiger partial charge in [0.1, 0.15) is 18.3 Å². The van der Waals surface area contributed by atoms with E-state index < -0.39 is 18.0 Å². The molecule has 28 heavy (non-hydrogen) atoms. The lowest BCUT2D eigenvalue weighted by atomic mass is 10.1. The summed E-state index contributed by atoms with van der Waals surface area (Å²) in [4.78, 5) is 40.8. The molecule has 0 fully saturated rings. The maximum absolute atomic E-state index is 13.0. The third kappa shape index (κ3) is 4.62. The van der Waals surface area contributed by atoms with Crippen LogP contribution in [0.4, 0.5) is 0 Å². The summed E-state index contributed by atoms with van der Waals surface area (Å²) in [7, 11) is 0. The van der Waals surface area contributed by atoms with E-state index in [1.807, 2.05) is 17.2 Å². The molecule has 0 saturated heterocycles. The van der Waals surface area contributed by atoms with Crippen LogP contribution >= 0.6 is 11.3 Å².